The van der Waals surface area contributed by atoms with E-state index in [1.54, 1.807) is 11.8 Å². The Morgan fingerprint density at radius 2 is 2.05 bits per heavy atom. The minimum Gasteiger partial charge on any atom is -0.481 e. The Kier molecular flexibility index (Phi) is 3.64. The SMILES string of the molecule is Cc1cc(C)c(C(=O)N2CC(C)CC(C(=O)O)C2)o1. The minimum atomic E-state index is -0.836. The average Bonchev–Trinajstić information content (AvgIpc) is 2.66. The second-order valence-corrected chi connectivity index (χ2v) is 5.46. The van der Waals surface area contributed by atoms with Crippen molar-refractivity contribution in [1.82, 2.24) is 4.90 Å². The molecule has 1 aromatic heterocycles. The normalized spacial score (nSPS) is 23.4. The third-order valence-corrected chi connectivity index (χ3v) is 3.53. The lowest BCUT2D eigenvalue weighted by molar-refractivity contribution is -0.143. The number of hydrogen-bond acceptors (Lipinski definition) is 3. The number of rotatable bonds is 2. The molecule has 5 nitrogen and oxygen atoms in total. The van der Waals surface area contributed by atoms with Crippen LogP contribution in [0.25, 0.3) is 0 Å². The average molecular weight is 265 g/mol. The Balaban J connectivity index is 2.18. The smallest absolute Gasteiger partial charge is 0.308 e. The van der Waals surface area contributed by atoms with Gasteiger partial charge in [0.05, 0.1) is 5.92 Å². The minimum absolute atomic E-state index is 0.190. The van der Waals surface area contributed by atoms with Crippen molar-refractivity contribution >= 4 is 11.9 Å². The molecule has 104 valence electrons. The van der Waals surface area contributed by atoms with Gasteiger partial charge in [0.15, 0.2) is 5.76 Å². The van der Waals surface area contributed by atoms with Crippen molar-refractivity contribution in [3.8, 4) is 0 Å². The number of furan rings is 1. The lowest BCUT2D eigenvalue weighted by atomic mass is 9.90. The van der Waals surface area contributed by atoms with E-state index < -0.39 is 11.9 Å². The molecule has 1 amide bonds. The molecule has 1 aliphatic heterocycles. The molecule has 5 heteroatoms. The molecule has 0 spiro atoms. The number of amides is 1. The first-order valence-corrected chi connectivity index (χ1v) is 6.47. The number of carboxylic acids is 1. The molecule has 19 heavy (non-hydrogen) atoms. The van der Waals surface area contributed by atoms with Gasteiger partial charge in [-0.2, -0.15) is 0 Å². The van der Waals surface area contributed by atoms with Crippen LogP contribution in [0.4, 0.5) is 0 Å². The Labute approximate surface area is 112 Å². The van der Waals surface area contributed by atoms with Crippen LogP contribution in [0.15, 0.2) is 10.5 Å². The Hall–Kier alpha value is -1.78. The van der Waals surface area contributed by atoms with Crippen LogP contribution in [0.3, 0.4) is 0 Å². The number of hydrogen-bond donors (Lipinski definition) is 1. The van der Waals surface area contributed by atoms with E-state index >= 15 is 0 Å². The van der Waals surface area contributed by atoms with Gasteiger partial charge in [-0.15, -0.1) is 0 Å². The maximum Gasteiger partial charge on any atom is 0.308 e. The molecule has 2 heterocycles. The van der Waals surface area contributed by atoms with Crippen LogP contribution in [0.5, 0.6) is 0 Å². The summed E-state index contributed by atoms with van der Waals surface area (Å²) in [6.07, 6.45) is 0.620. The van der Waals surface area contributed by atoms with Gasteiger partial charge in [-0.3, -0.25) is 9.59 Å². The van der Waals surface area contributed by atoms with E-state index in [1.807, 2.05) is 19.9 Å². The Morgan fingerprint density at radius 1 is 1.37 bits per heavy atom. The second-order valence-electron chi connectivity index (χ2n) is 5.46. The molecule has 0 aliphatic carbocycles. The highest BCUT2D eigenvalue weighted by Crippen LogP contribution is 2.25. The molecule has 2 unspecified atom stereocenters. The van der Waals surface area contributed by atoms with Crippen molar-refractivity contribution in [3.63, 3.8) is 0 Å². The summed E-state index contributed by atoms with van der Waals surface area (Å²) in [7, 11) is 0. The van der Waals surface area contributed by atoms with Crippen LogP contribution in [-0.4, -0.2) is 35.0 Å². The summed E-state index contributed by atoms with van der Waals surface area (Å²) in [5, 5.41) is 9.12. The maximum absolute atomic E-state index is 12.4. The lowest BCUT2D eigenvalue weighted by Gasteiger charge is -2.34. The number of likely N-dealkylation sites (tertiary alicyclic amines) is 1. The quantitative estimate of drug-likeness (QED) is 0.888. The number of nitrogens with zero attached hydrogens (tertiary/aromatic N) is 1. The highest BCUT2D eigenvalue weighted by molar-refractivity contribution is 5.93. The molecule has 0 aromatic carbocycles. The van der Waals surface area contributed by atoms with E-state index in [4.69, 9.17) is 9.52 Å². The van der Waals surface area contributed by atoms with Crippen molar-refractivity contribution in [2.45, 2.75) is 27.2 Å². The molecule has 1 saturated heterocycles. The molecule has 1 aliphatic rings. The van der Waals surface area contributed by atoms with Crippen LogP contribution in [0, 0.1) is 25.7 Å². The third-order valence-electron chi connectivity index (χ3n) is 3.53. The van der Waals surface area contributed by atoms with Gasteiger partial charge < -0.3 is 14.4 Å². The second kappa shape index (κ2) is 5.07. The first-order valence-electron chi connectivity index (χ1n) is 6.47. The summed E-state index contributed by atoms with van der Waals surface area (Å²) in [5.74, 6) is -0.309. The van der Waals surface area contributed by atoms with Crippen LogP contribution in [0.2, 0.25) is 0 Å². The molecule has 2 rings (SSSR count). The summed E-state index contributed by atoms with van der Waals surface area (Å²) < 4.78 is 5.42. The first-order chi connectivity index (χ1) is 8.88. The van der Waals surface area contributed by atoms with Gasteiger partial charge in [0, 0.05) is 18.7 Å². The zero-order valence-corrected chi connectivity index (χ0v) is 11.5. The highest BCUT2D eigenvalue weighted by atomic mass is 16.4. The number of piperidine rings is 1. The molecule has 1 aromatic rings. The van der Waals surface area contributed by atoms with Crippen molar-refractivity contribution in [3.05, 3.63) is 23.2 Å². The van der Waals surface area contributed by atoms with Gasteiger partial charge >= 0.3 is 5.97 Å². The summed E-state index contributed by atoms with van der Waals surface area (Å²) in [6.45, 7) is 6.43. The Bertz CT molecular complexity index is 506. The van der Waals surface area contributed by atoms with Gasteiger partial charge in [-0.05, 0) is 32.3 Å². The summed E-state index contributed by atoms with van der Waals surface area (Å²) >= 11 is 0. The third kappa shape index (κ3) is 2.80. The zero-order valence-electron chi connectivity index (χ0n) is 11.5. The fraction of sp³-hybridized carbons (Fsp3) is 0.571. The fourth-order valence-corrected chi connectivity index (χ4v) is 2.69. The van der Waals surface area contributed by atoms with E-state index in [0.717, 1.165) is 5.56 Å². The van der Waals surface area contributed by atoms with Crippen LogP contribution < -0.4 is 0 Å². The molecule has 0 saturated carbocycles. The van der Waals surface area contributed by atoms with E-state index in [0.29, 0.717) is 24.5 Å². The summed E-state index contributed by atoms with van der Waals surface area (Å²) in [4.78, 5) is 25.1. The van der Waals surface area contributed by atoms with Gasteiger partial charge in [-0.25, -0.2) is 0 Å². The van der Waals surface area contributed by atoms with E-state index in [1.165, 1.54) is 0 Å². The molecular weight excluding hydrogens is 246 g/mol. The van der Waals surface area contributed by atoms with Crippen LogP contribution >= 0.6 is 0 Å². The molecular formula is C14H19NO4. The Morgan fingerprint density at radius 3 is 2.58 bits per heavy atom. The van der Waals surface area contributed by atoms with Crippen LogP contribution in [-0.2, 0) is 4.79 Å². The number of carbonyl (C=O) groups excluding carboxylic acids is 1. The monoisotopic (exact) mass is 265 g/mol. The predicted molar refractivity (Wildman–Crippen MR) is 69.0 cm³/mol. The first kappa shape index (κ1) is 13.6. The van der Waals surface area contributed by atoms with Crippen molar-refractivity contribution in [1.29, 1.82) is 0 Å². The van der Waals surface area contributed by atoms with Crippen molar-refractivity contribution in [2.24, 2.45) is 11.8 Å². The van der Waals surface area contributed by atoms with Gasteiger partial charge in [0.25, 0.3) is 5.91 Å². The highest BCUT2D eigenvalue weighted by Gasteiger charge is 2.33. The van der Waals surface area contributed by atoms with Crippen LogP contribution in [0.1, 0.15) is 35.2 Å². The van der Waals surface area contributed by atoms with E-state index in [2.05, 4.69) is 0 Å². The molecule has 0 bridgehead atoms. The lowest BCUT2D eigenvalue weighted by Crippen LogP contribution is -2.45. The standard InChI is InChI=1S/C14H19NO4/c1-8-4-11(14(17)18)7-15(6-8)13(16)12-9(2)5-10(3)19-12/h5,8,11H,4,6-7H2,1-3H3,(H,17,18). The largest absolute Gasteiger partial charge is 0.481 e. The van der Waals surface area contributed by atoms with Gasteiger partial charge in [0.2, 0.25) is 0 Å². The van der Waals surface area contributed by atoms with E-state index in [-0.39, 0.29) is 18.4 Å². The molecule has 1 N–H and O–H groups in total. The number of aryl methyl sites for hydroxylation is 2. The summed E-state index contributed by atoms with van der Waals surface area (Å²) in [5.41, 5.74) is 0.799. The molecule has 1 fully saturated rings. The van der Waals surface area contributed by atoms with Crippen molar-refractivity contribution in [2.75, 3.05) is 13.1 Å². The van der Waals surface area contributed by atoms with E-state index in [9.17, 15) is 9.59 Å². The van der Waals surface area contributed by atoms with Gasteiger partial charge in [-0.1, -0.05) is 6.92 Å². The topological polar surface area (TPSA) is 70.8 Å². The fourth-order valence-electron chi connectivity index (χ4n) is 2.69. The number of aliphatic carboxylic acids is 1. The summed E-state index contributed by atoms with van der Waals surface area (Å²) in [6, 6.07) is 1.81. The molecule has 2 atom stereocenters. The van der Waals surface area contributed by atoms with Crippen molar-refractivity contribution < 1.29 is 19.1 Å². The molecule has 0 radical (unpaired) electrons. The zero-order chi connectivity index (χ0) is 14.2. The number of carbonyl (C=O) groups is 2. The maximum atomic E-state index is 12.4. The number of carboxylic acid groups (broad SMARTS) is 1. The van der Waals surface area contributed by atoms with Gasteiger partial charge in [0.1, 0.15) is 5.76 Å². The predicted octanol–water partition coefficient (Wildman–Crippen LogP) is 2.08.